The van der Waals surface area contributed by atoms with Gasteiger partial charge in [0.1, 0.15) is 6.04 Å². The fraction of sp³-hybridized carbons (Fsp3) is 0.846. The average molecular weight is 251 g/mol. The predicted molar refractivity (Wildman–Crippen MR) is 66.6 cm³/mol. The molecule has 0 aromatic heterocycles. The van der Waals surface area contributed by atoms with E-state index in [1.807, 2.05) is 13.8 Å². The number of nitrogens with zero attached hydrogens (tertiary/aromatic N) is 2. The number of carbonyl (C=O) groups excluding carboxylic acids is 1. The van der Waals surface area contributed by atoms with Crippen LogP contribution < -0.4 is 5.32 Å². The zero-order chi connectivity index (χ0) is 13.3. The highest BCUT2D eigenvalue weighted by Crippen LogP contribution is 2.33. The molecule has 1 amide bonds. The number of piperazine rings is 1. The second-order valence-electron chi connectivity index (χ2n) is 5.31. The molecule has 2 rings (SSSR count). The van der Waals surface area contributed by atoms with Crippen LogP contribution in [0.3, 0.4) is 0 Å². The van der Waals surface area contributed by atoms with Gasteiger partial charge in [-0.15, -0.1) is 0 Å². The summed E-state index contributed by atoms with van der Waals surface area (Å²) in [6.07, 6.45) is 0.0501. The van der Waals surface area contributed by atoms with Crippen molar-refractivity contribution in [3.63, 3.8) is 0 Å². The van der Waals surface area contributed by atoms with E-state index in [9.17, 15) is 4.79 Å². The van der Waals surface area contributed by atoms with Gasteiger partial charge in [0.15, 0.2) is 0 Å². The lowest BCUT2D eigenvalue weighted by atomic mass is 9.88. The van der Waals surface area contributed by atoms with Crippen LogP contribution >= 0.6 is 0 Å². The maximum atomic E-state index is 12.6. The van der Waals surface area contributed by atoms with Crippen LogP contribution in [0.25, 0.3) is 0 Å². The van der Waals surface area contributed by atoms with Crippen molar-refractivity contribution < 1.29 is 9.53 Å². The lowest BCUT2D eigenvalue weighted by Crippen LogP contribution is -2.55. The van der Waals surface area contributed by atoms with Gasteiger partial charge in [0.25, 0.3) is 0 Å². The summed E-state index contributed by atoms with van der Waals surface area (Å²) in [4.78, 5) is 14.3. The molecular formula is C13H21N3O2. The Morgan fingerprint density at radius 3 is 2.67 bits per heavy atom. The van der Waals surface area contributed by atoms with Crippen LogP contribution in [-0.4, -0.2) is 48.7 Å². The summed E-state index contributed by atoms with van der Waals surface area (Å²) in [5.41, 5.74) is 0. The Morgan fingerprint density at radius 1 is 1.39 bits per heavy atom. The molecule has 1 N–H and O–H groups in total. The van der Waals surface area contributed by atoms with Gasteiger partial charge in [-0.3, -0.25) is 4.79 Å². The van der Waals surface area contributed by atoms with Gasteiger partial charge in [0.05, 0.1) is 24.2 Å². The zero-order valence-corrected chi connectivity index (χ0v) is 11.2. The molecular weight excluding hydrogens is 230 g/mol. The molecule has 5 nitrogen and oxygen atoms in total. The quantitative estimate of drug-likeness (QED) is 0.731. The van der Waals surface area contributed by atoms with Gasteiger partial charge < -0.3 is 15.0 Å². The molecule has 2 heterocycles. The van der Waals surface area contributed by atoms with Crippen LogP contribution in [0.1, 0.15) is 20.8 Å². The van der Waals surface area contributed by atoms with Gasteiger partial charge in [0, 0.05) is 19.6 Å². The molecule has 0 bridgehead atoms. The van der Waals surface area contributed by atoms with Crippen LogP contribution in [0, 0.1) is 23.2 Å². The normalized spacial score (nSPS) is 40.6. The minimum atomic E-state index is -0.346. The summed E-state index contributed by atoms with van der Waals surface area (Å²) in [5, 5.41) is 12.3. The molecule has 0 saturated carbocycles. The van der Waals surface area contributed by atoms with E-state index in [4.69, 9.17) is 10.00 Å². The molecule has 100 valence electrons. The Hall–Kier alpha value is -1.12. The Bertz CT molecular complexity index is 366. The molecule has 5 heteroatoms. The number of rotatable bonds is 1. The molecule has 5 unspecified atom stereocenters. The predicted octanol–water partition coefficient (Wildman–Crippen LogP) is 0.370. The lowest BCUT2D eigenvalue weighted by molar-refractivity contribution is -0.140. The molecule has 0 radical (unpaired) electrons. The first-order chi connectivity index (χ1) is 8.56. The zero-order valence-electron chi connectivity index (χ0n) is 11.2. The summed E-state index contributed by atoms with van der Waals surface area (Å²) in [6, 6.07) is 1.86. The molecule has 0 aromatic carbocycles. The van der Waals surface area contributed by atoms with Crippen LogP contribution in [-0.2, 0) is 9.53 Å². The van der Waals surface area contributed by atoms with E-state index in [2.05, 4.69) is 18.3 Å². The number of amides is 1. The third-order valence-electron chi connectivity index (χ3n) is 4.20. The number of nitrogens with one attached hydrogen (secondary N) is 1. The number of hydrogen-bond donors (Lipinski definition) is 1. The van der Waals surface area contributed by atoms with E-state index in [1.165, 1.54) is 0 Å². The van der Waals surface area contributed by atoms with E-state index in [-0.39, 0.29) is 36.0 Å². The molecule has 2 fully saturated rings. The molecule has 0 aliphatic carbocycles. The Labute approximate surface area is 108 Å². The third kappa shape index (κ3) is 2.23. The van der Waals surface area contributed by atoms with Gasteiger partial charge in [-0.05, 0) is 19.8 Å². The van der Waals surface area contributed by atoms with Gasteiger partial charge in [-0.25, -0.2) is 0 Å². The van der Waals surface area contributed by atoms with Gasteiger partial charge in [-0.1, -0.05) is 6.92 Å². The molecule has 0 aromatic rings. The Morgan fingerprint density at radius 2 is 2.11 bits per heavy atom. The fourth-order valence-electron chi connectivity index (χ4n) is 2.97. The molecule has 2 saturated heterocycles. The molecule has 5 atom stereocenters. The van der Waals surface area contributed by atoms with Crippen molar-refractivity contribution in [3.05, 3.63) is 0 Å². The minimum absolute atomic E-state index is 0.0586. The average Bonchev–Trinajstić information content (AvgIpc) is 2.62. The largest absolute Gasteiger partial charge is 0.374 e. The SMILES string of the molecule is CC1OC(C)C(C(=O)N2CCNCC2C#N)C1C. The molecule has 18 heavy (non-hydrogen) atoms. The van der Waals surface area contributed by atoms with Crippen LogP contribution in [0.2, 0.25) is 0 Å². The van der Waals surface area contributed by atoms with Crippen molar-refractivity contribution in [2.45, 2.75) is 39.0 Å². The third-order valence-corrected chi connectivity index (χ3v) is 4.20. The van der Waals surface area contributed by atoms with Crippen LogP contribution in [0.5, 0.6) is 0 Å². The summed E-state index contributed by atoms with van der Waals surface area (Å²) < 4.78 is 5.72. The lowest BCUT2D eigenvalue weighted by Gasteiger charge is -2.35. The van der Waals surface area contributed by atoms with Crippen molar-refractivity contribution in [1.29, 1.82) is 5.26 Å². The second kappa shape index (κ2) is 5.25. The molecule has 2 aliphatic heterocycles. The van der Waals surface area contributed by atoms with Gasteiger partial charge in [-0.2, -0.15) is 5.26 Å². The van der Waals surface area contributed by atoms with Gasteiger partial charge in [0.2, 0.25) is 5.91 Å². The molecule has 2 aliphatic rings. The maximum absolute atomic E-state index is 12.6. The van der Waals surface area contributed by atoms with Crippen molar-refractivity contribution in [2.75, 3.05) is 19.6 Å². The Balaban J connectivity index is 2.13. The topological polar surface area (TPSA) is 65.4 Å². The first-order valence-corrected chi connectivity index (χ1v) is 6.62. The number of hydrogen-bond acceptors (Lipinski definition) is 4. The van der Waals surface area contributed by atoms with Crippen molar-refractivity contribution >= 4 is 5.91 Å². The van der Waals surface area contributed by atoms with Crippen molar-refractivity contribution in [1.82, 2.24) is 10.2 Å². The number of carbonyl (C=O) groups is 1. The van der Waals surface area contributed by atoms with E-state index in [1.54, 1.807) is 4.90 Å². The van der Waals surface area contributed by atoms with E-state index < -0.39 is 0 Å². The monoisotopic (exact) mass is 251 g/mol. The second-order valence-corrected chi connectivity index (χ2v) is 5.31. The highest BCUT2D eigenvalue weighted by atomic mass is 16.5. The maximum Gasteiger partial charge on any atom is 0.229 e. The minimum Gasteiger partial charge on any atom is -0.374 e. The van der Waals surface area contributed by atoms with E-state index >= 15 is 0 Å². The first kappa shape index (κ1) is 13.3. The Kier molecular flexibility index (Phi) is 3.88. The van der Waals surface area contributed by atoms with E-state index in [0.29, 0.717) is 13.1 Å². The van der Waals surface area contributed by atoms with Gasteiger partial charge >= 0.3 is 0 Å². The van der Waals surface area contributed by atoms with Crippen LogP contribution in [0.15, 0.2) is 0 Å². The fourth-order valence-corrected chi connectivity index (χ4v) is 2.97. The smallest absolute Gasteiger partial charge is 0.229 e. The highest BCUT2D eigenvalue weighted by molar-refractivity contribution is 5.81. The number of ether oxygens (including phenoxy) is 1. The summed E-state index contributed by atoms with van der Waals surface area (Å²) in [7, 11) is 0. The van der Waals surface area contributed by atoms with E-state index in [0.717, 1.165) is 6.54 Å². The van der Waals surface area contributed by atoms with Crippen molar-refractivity contribution in [3.8, 4) is 6.07 Å². The highest BCUT2D eigenvalue weighted by Gasteiger charge is 2.44. The summed E-state index contributed by atoms with van der Waals surface area (Å²) >= 11 is 0. The first-order valence-electron chi connectivity index (χ1n) is 6.62. The summed E-state index contributed by atoms with van der Waals surface area (Å²) in [6.45, 7) is 7.95. The number of nitriles is 1. The standard InChI is InChI=1S/C13H21N3O2/c1-8-9(2)18-10(3)12(8)13(17)16-5-4-15-7-11(16)6-14/h8-12,15H,4-5,7H2,1-3H3. The summed E-state index contributed by atoms with van der Waals surface area (Å²) in [5.74, 6) is 0.170. The molecule has 0 spiro atoms. The van der Waals surface area contributed by atoms with Crippen molar-refractivity contribution in [2.24, 2.45) is 11.8 Å². The van der Waals surface area contributed by atoms with Crippen LogP contribution in [0.4, 0.5) is 0 Å².